The quantitative estimate of drug-likeness (QED) is 0.786. The molecule has 0 saturated heterocycles. The zero-order chi connectivity index (χ0) is 14.7. The molecule has 0 fully saturated rings. The number of rotatable bonds is 7. The molecule has 1 aromatic rings. The van der Waals surface area contributed by atoms with Crippen LogP contribution in [0.4, 0.5) is 0 Å². The maximum atomic E-state index is 12.3. The molecule has 0 aliphatic rings. The van der Waals surface area contributed by atoms with Gasteiger partial charge in [-0.05, 0) is 26.7 Å². The average Bonchev–Trinajstić information content (AvgIpc) is 2.72. The number of imidazole rings is 1. The van der Waals surface area contributed by atoms with E-state index in [0.29, 0.717) is 12.2 Å². The number of aryl methyl sites for hydroxylation is 2. The summed E-state index contributed by atoms with van der Waals surface area (Å²) in [5.41, 5.74) is -0.650. The van der Waals surface area contributed by atoms with Crippen LogP contribution >= 0.6 is 11.6 Å². The molecule has 1 aromatic heterocycles. The predicted octanol–water partition coefficient (Wildman–Crippen LogP) is 2.29. The topological polar surface area (TPSA) is 64.0 Å². The second-order valence-electron chi connectivity index (χ2n) is 4.97. The highest BCUT2D eigenvalue weighted by Gasteiger charge is 2.30. The lowest BCUT2D eigenvalue weighted by Gasteiger charge is -2.25. The number of aromatic nitrogens is 2. The normalized spacial score (nSPS) is 15.4. The lowest BCUT2D eigenvalue weighted by molar-refractivity contribution is 0.443. The lowest BCUT2D eigenvalue weighted by Crippen LogP contribution is -2.47. The van der Waals surface area contributed by atoms with Gasteiger partial charge in [0.2, 0.25) is 0 Å². The largest absolute Gasteiger partial charge is 0.334 e. The third-order valence-electron chi connectivity index (χ3n) is 3.15. The molecule has 1 unspecified atom stereocenters. The van der Waals surface area contributed by atoms with E-state index in [2.05, 4.69) is 9.71 Å². The summed E-state index contributed by atoms with van der Waals surface area (Å²) in [5, 5.41) is 0.0586. The number of nitrogens with one attached hydrogen (secondary N) is 1. The third kappa shape index (κ3) is 3.94. The Labute approximate surface area is 120 Å². The summed E-state index contributed by atoms with van der Waals surface area (Å²) >= 11 is 5.84. The Morgan fingerprint density at radius 1 is 1.47 bits per heavy atom. The number of halogens is 1. The van der Waals surface area contributed by atoms with E-state index in [1.807, 2.05) is 18.4 Å². The Balaban J connectivity index is 3.04. The minimum Gasteiger partial charge on any atom is -0.334 e. The van der Waals surface area contributed by atoms with Crippen molar-refractivity contribution < 1.29 is 8.42 Å². The van der Waals surface area contributed by atoms with Gasteiger partial charge >= 0.3 is 0 Å². The number of hydrogen-bond acceptors (Lipinski definition) is 3. The summed E-state index contributed by atoms with van der Waals surface area (Å²) in [6, 6.07) is 0. The molecule has 0 radical (unpaired) electrons. The van der Waals surface area contributed by atoms with Gasteiger partial charge < -0.3 is 4.57 Å². The van der Waals surface area contributed by atoms with Gasteiger partial charge in [-0.15, -0.1) is 11.6 Å². The Morgan fingerprint density at radius 2 is 2.11 bits per heavy atom. The summed E-state index contributed by atoms with van der Waals surface area (Å²) < 4.78 is 29.1. The van der Waals surface area contributed by atoms with Crippen LogP contribution in [-0.4, -0.2) is 29.4 Å². The SMILES string of the molecule is CCCn1cc(S(=O)(=O)NC(C)(CC)CCl)nc1C. The first-order valence-electron chi connectivity index (χ1n) is 6.41. The molecule has 110 valence electrons. The molecule has 1 rings (SSSR count). The number of hydrogen-bond donors (Lipinski definition) is 1. The molecule has 7 heteroatoms. The van der Waals surface area contributed by atoms with Gasteiger partial charge in [0, 0.05) is 24.2 Å². The summed E-state index contributed by atoms with van der Waals surface area (Å²) in [7, 11) is -3.63. The summed E-state index contributed by atoms with van der Waals surface area (Å²) in [6.07, 6.45) is 3.12. The molecule has 0 aliphatic heterocycles. The third-order valence-corrected chi connectivity index (χ3v) is 5.25. The van der Waals surface area contributed by atoms with Crippen LogP contribution in [0.5, 0.6) is 0 Å². The first-order valence-corrected chi connectivity index (χ1v) is 8.43. The van der Waals surface area contributed by atoms with E-state index in [9.17, 15) is 8.42 Å². The smallest absolute Gasteiger partial charge is 0.260 e. The molecule has 1 heterocycles. The van der Waals surface area contributed by atoms with Crippen molar-refractivity contribution in [1.82, 2.24) is 14.3 Å². The van der Waals surface area contributed by atoms with Crippen LogP contribution < -0.4 is 4.72 Å². The van der Waals surface area contributed by atoms with Crippen molar-refractivity contribution in [1.29, 1.82) is 0 Å². The Morgan fingerprint density at radius 3 is 2.58 bits per heavy atom. The van der Waals surface area contributed by atoms with Crippen LogP contribution in [0.25, 0.3) is 0 Å². The highest BCUT2D eigenvalue weighted by molar-refractivity contribution is 7.89. The Bertz CT molecular complexity index is 521. The van der Waals surface area contributed by atoms with E-state index < -0.39 is 15.6 Å². The van der Waals surface area contributed by atoms with Crippen molar-refractivity contribution in [2.75, 3.05) is 5.88 Å². The Hall–Kier alpha value is -0.590. The minimum absolute atomic E-state index is 0.0586. The summed E-state index contributed by atoms with van der Waals surface area (Å²) in [6.45, 7) is 8.27. The van der Waals surface area contributed by atoms with Crippen molar-refractivity contribution in [2.45, 2.75) is 57.6 Å². The zero-order valence-electron chi connectivity index (χ0n) is 11.9. The first-order chi connectivity index (χ1) is 8.78. The maximum Gasteiger partial charge on any atom is 0.260 e. The van der Waals surface area contributed by atoms with Gasteiger partial charge in [0.25, 0.3) is 10.0 Å². The molecule has 0 bridgehead atoms. The van der Waals surface area contributed by atoms with E-state index >= 15 is 0 Å². The monoisotopic (exact) mass is 307 g/mol. The zero-order valence-corrected chi connectivity index (χ0v) is 13.5. The minimum atomic E-state index is -3.63. The highest BCUT2D eigenvalue weighted by atomic mass is 35.5. The molecule has 5 nitrogen and oxygen atoms in total. The molecule has 0 spiro atoms. The van der Waals surface area contributed by atoms with Crippen LogP contribution in [-0.2, 0) is 16.6 Å². The van der Waals surface area contributed by atoms with E-state index in [0.717, 1.165) is 13.0 Å². The van der Waals surface area contributed by atoms with Gasteiger partial charge in [-0.2, -0.15) is 0 Å². The highest BCUT2D eigenvalue weighted by Crippen LogP contribution is 2.17. The Kier molecular flexibility index (Phi) is 5.41. The van der Waals surface area contributed by atoms with Gasteiger partial charge in [0.05, 0.1) is 0 Å². The standard InChI is InChI=1S/C12H22ClN3O2S/c1-5-7-16-8-11(14-10(16)3)19(17,18)15-12(4,6-2)9-13/h8,15H,5-7,9H2,1-4H3. The number of alkyl halides is 1. The maximum absolute atomic E-state index is 12.3. The lowest BCUT2D eigenvalue weighted by atomic mass is 10.0. The fraction of sp³-hybridized carbons (Fsp3) is 0.750. The molecule has 0 amide bonds. The first kappa shape index (κ1) is 16.5. The van der Waals surface area contributed by atoms with Crippen LogP contribution in [0.15, 0.2) is 11.2 Å². The van der Waals surface area contributed by atoms with E-state index in [-0.39, 0.29) is 10.9 Å². The van der Waals surface area contributed by atoms with Crippen molar-refractivity contribution in [3.8, 4) is 0 Å². The van der Waals surface area contributed by atoms with Crippen LogP contribution in [0.3, 0.4) is 0 Å². The van der Waals surface area contributed by atoms with Gasteiger partial charge in [0.15, 0.2) is 5.03 Å². The van der Waals surface area contributed by atoms with Crippen molar-refractivity contribution >= 4 is 21.6 Å². The van der Waals surface area contributed by atoms with Crippen LogP contribution in [0.2, 0.25) is 0 Å². The van der Waals surface area contributed by atoms with E-state index in [1.165, 1.54) is 0 Å². The molecule has 1 N–H and O–H groups in total. The van der Waals surface area contributed by atoms with Gasteiger partial charge in [-0.1, -0.05) is 13.8 Å². The molecule has 0 saturated carbocycles. The fourth-order valence-corrected chi connectivity index (χ4v) is 3.47. The molecule has 1 atom stereocenters. The van der Waals surface area contributed by atoms with Crippen LogP contribution in [0.1, 0.15) is 39.4 Å². The van der Waals surface area contributed by atoms with Gasteiger partial charge in [-0.3, -0.25) is 0 Å². The van der Waals surface area contributed by atoms with Crippen molar-refractivity contribution in [3.63, 3.8) is 0 Å². The molecular weight excluding hydrogens is 286 g/mol. The number of nitrogens with zero attached hydrogens (tertiary/aromatic N) is 2. The predicted molar refractivity (Wildman–Crippen MR) is 77.0 cm³/mol. The molecule has 0 aliphatic carbocycles. The molecular formula is C12H22ClN3O2S. The second kappa shape index (κ2) is 6.24. The van der Waals surface area contributed by atoms with Crippen LogP contribution in [0, 0.1) is 6.92 Å². The summed E-state index contributed by atoms with van der Waals surface area (Å²) in [4.78, 5) is 4.12. The van der Waals surface area contributed by atoms with Gasteiger partial charge in [0.1, 0.15) is 5.82 Å². The number of sulfonamides is 1. The van der Waals surface area contributed by atoms with E-state index in [4.69, 9.17) is 11.6 Å². The average molecular weight is 308 g/mol. The van der Waals surface area contributed by atoms with E-state index in [1.54, 1.807) is 20.0 Å². The van der Waals surface area contributed by atoms with Crippen molar-refractivity contribution in [2.24, 2.45) is 0 Å². The molecule has 19 heavy (non-hydrogen) atoms. The summed E-state index contributed by atoms with van der Waals surface area (Å²) in [5.74, 6) is 0.920. The fourth-order valence-electron chi connectivity index (χ4n) is 1.65. The molecule has 0 aromatic carbocycles. The van der Waals surface area contributed by atoms with Crippen molar-refractivity contribution in [3.05, 3.63) is 12.0 Å². The second-order valence-corrected chi connectivity index (χ2v) is 6.87. The van der Waals surface area contributed by atoms with Gasteiger partial charge in [-0.25, -0.2) is 18.1 Å².